The molecule has 7 nitrogen and oxygen atoms in total. The number of phenolic OH excluding ortho intramolecular Hbond substituents is 2. The van der Waals surface area contributed by atoms with Crippen molar-refractivity contribution in [1.29, 1.82) is 0 Å². The van der Waals surface area contributed by atoms with E-state index >= 15 is 0 Å². The number of anilines is 2. The summed E-state index contributed by atoms with van der Waals surface area (Å²) in [6, 6.07) is 8.74. The Morgan fingerprint density at radius 3 is 2.56 bits per heavy atom. The number of benzene rings is 2. The number of halogens is 1. The highest BCUT2D eigenvalue weighted by atomic mass is 19.1. The summed E-state index contributed by atoms with van der Waals surface area (Å²) in [6.45, 7) is 0. The Balaban J connectivity index is 2.02. The van der Waals surface area contributed by atoms with Crippen LogP contribution in [0.5, 0.6) is 17.2 Å². The van der Waals surface area contributed by atoms with Gasteiger partial charge in [0.25, 0.3) is 0 Å². The number of aromatic hydroxyl groups is 2. The molecule has 0 unspecified atom stereocenters. The van der Waals surface area contributed by atoms with Gasteiger partial charge in [-0.15, -0.1) is 10.2 Å². The van der Waals surface area contributed by atoms with E-state index in [1.54, 1.807) is 29.6 Å². The van der Waals surface area contributed by atoms with Crippen molar-refractivity contribution in [2.45, 2.75) is 0 Å². The van der Waals surface area contributed by atoms with Crippen molar-refractivity contribution in [3.05, 3.63) is 42.2 Å². The Labute approximate surface area is 143 Å². The molecule has 1 aromatic heterocycles. The second-order valence-electron chi connectivity index (χ2n) is 5.46. The predicted octanol–water partition coefficient (Wildman–Crippen LogP) is 2.81. The van der Waals surface area contributed by atoms with Crippen LogP contribution in [-0.4, -0.2) is 39.1 Å². The van der Waals surface area contributed by atoms with E-state index in [-0.39, 0.29) is 5.75 Å². The molecule has 2 aromatic carbocycles. The number of nitrogens with zero attached hydrogens (tertiary/aromatic N) is 4. The summed E-state index contributed by atoms with van der Waals surface area (Å²) < 4.78 is 20.3. The zero-order valence-electron chi connectivity index (χ0n) is 13.9. The summed E-state index contributed by atoms with van der Waals surface area (Å²) in [5.74, 6) is 0.434. The number of hydrogen-bond acceptors (Lipinski definition) is 6. The summed E-state index contributed by atoms with van der Waals surface area (Å²) in [5.41, 5.74) is 1.22. The smallest absolute Gasteiger partial charge is 0.231 e. The van der Waals surface area contributed by atoms with Crippen molar-refractivity contribution in [1.82, 2.24) is 14.8 Å². The summed E-state index contributed by atoms with van der Waals surface area (Å²) in [4.78, 5) is 1.67. The van der Waals surface area contributed by atoms with Gasteiger partial charge in [-0.1, -0.05) is 0 Å². The maximum absolute atomic E-state index is 13.2. The van der Waals surface area contributed by atoms with Gasteiger partial charge in [0.05, 0.1) is 12.7 Å². The standard InChI is InChI=1S/C17H17FN4O3/c1-21(10-4-7-13(18)14(24)8-10)17-20-19-16(22(17)2)12-6-5-11(23)9-15(12)25-3/h4-9,23-24H,1-3H3. The molecule has 0 aliphatic carbocycles. The molecule has 0 spiro atoms. The monoisotopic (exact) mass is 344 g/mol. The molecule has 130 valence electrons. The Kier molecular flexibility index (Phi) is 4.18. The lowest BCUT2D eigenvalue weighted by Gasteiger charge is -2.18. The lowest BCUT2D eigenvalue weighted by Crippen LogP contribution is -2.14. The van der Waals surface area contributed by atoms with Gasteiger partial charge < -0.3 is 19.8 Å². The maximum atomic E-state index is 13.2. The molecule has 3 rings (SSSR count). The fourth-order valence-corrected chi connectivity index (χ4v) is 2.54. The minimum absolute atomic E-state index is 0.0851. The molecule has 0 aliphatic rings. The SMILES string of the molecule is COc1cc(O)ccc1-c1nnc(N(C)c2ccc(F)c(O)c2)n1C. The van der Waals surface area contributed by atoms with Gasteiger partial charge in [-0.05, 0) is 24.3 Å². The van der Waals surface area contributed by atoms with Crippen LogP contribution in [0.4, 0.5) is 16.0 Å². The molecule has 0 radical (unpaired) electrons. The number of ether oxygens (including phenoxy) is 1. The van der Waals surface area contributed by atoms with E-state index in [0.717, 1.165) is 0 Å². The van der Waals surface area contributed by atoms with Crippen molar-refractivity contribution in [3.63, 3.8) is 0 Å². The second kappa shape index (κ2) is 6.31. The fraction of sp³-hybridized carbons (Fsp3) is 0.176. The Hall–Kier alpha value is -3.29. The van der Waals surface area contributed by atoms with Gasteiger partial charge in [0.15, 0.2) is 17.4 Å². The van der Waals surface area contributed by atoms with Crippen LogP contribution in [0, 0.1) is 5.82 Å². The van der Waals surface area contributed by atoms with Gasteiger partial charge in [0.1, 0.15) is 11.5 Å². The van der Waals surface area contributed by atoms with E-state index in [0.29, 0.717) is 28.8 Å². The van der Waals surface area contributed by atoms with Crippen LogP contribution in [0.1, 0.15) is 0 Å². The van der Waals surface area contributed by atoms with Gasteiger partial charge in [0.2, 0.25) is 5.95 Å². The van der Waals surface area contributed by atoms with Gasteiger partial charge in [-0.25, -0.2) is 4.39 Å². The summed E-state index contributed by atoms with van der Waals surface area (Å²) in [5, 5.41) is 27.5. The first-order valence-electron chi connectivity index (χ1n) is 7.41. The molecule has 1 heterocycles. The highest BCUT2D eigenvalue weighted by molar-refractivity contribution is 5.68. The summed E-state index contributed by atoms with van der Waals surface area (Å²) >= 11 is 0. The maximum Gasteiger partial charge on any atom is 0.231 e. The third-order valence-electron chi connectivity index (χ3n) is 3.89. The molecule has 25 heavy (non-hydrogen) atoms. The number of rotatable bonds is 4. The van der Waals surface area contributed by atoms with Gasteiger partial charge in [-0.2, -0.15) is 0 Å². The minimum atomic E-state index is -0.690. The lowest BCUT2D eigenvalue weighted by molar-refractivity contribution is 0.409. The van der Waals surface area contributed by atoms with E-state index in [2.05, 4.69) is 10.2 Å². The number of aromatic nitrogens is 3. The molecule has 0 amide bonds. The van der Waals surface area contributed by atoms with E-state index < -0.39 is 11.6 Å². The molecule has 0 bridgehead atoms. The zero-order valence-corrected chi connectivity index (χ0v) is 13.9. The highest BCUT2D eigenvalue weighted by Crippen LogP contribution is 2.34. The van der Waals surface area contributed by atoms with Crippen molar-refractivity contribution in [3.8, 4) is 28.6 Å². The predicted molar refractivity (Wildman–Crippen MR) is 90.8 cm³/mol. The van der Waals surface area contributed by atoms with Crippen molar-refractivity contribution in [2.24, 2.45) is 7.05 Å². The van der Waals surface area contributed by atoms with Crippen LogP contribution in [0.25, 0.3) is 11.4 Å². The molecular formula is C17H17FN4O3. The Morgan fingerprint density at radius 2 is 1.88 bits per heavy atom. The van der Waals surface area contributed by atoms with Gasteiger partial charge >= 0.3 is 0 Å². The molecule has 0 saturated heterocycles. The van der Waals surface area contributed by atoms with Crippen molar-refractivity contribution in [2.75, 3.05) is 19.1 Å². The molecule has 2 N–H and O–H groups in total. The molecule has 8 heteroatoms. The third-order valence-corrected chi connectivity index (χ3v) is 3.89. The second-order valence-corrected chi connectivity index (χ2v) is 5.46. The number of phenols is 2. The first kappa shape index (κ1) is 16.6. The van der Waals surface area contributed by atoms with E-state index in [1.165, 1.54) is 37.4 Å². The largest absolute Gasteiger partial charge is 0.508 e. The topological polar surface area (TPSA) is 83.6 Å². The van der Waals surface area contributed by atoms with E-state index in [1.807, 2.05) is 0 Å². The van der Waals surface area contributed by atoms with Crippen molar-refractivity contribution < 1.29 is 19.3 Å². The summed E-state index contributed by atoms with van der Waals surface area (Å²) in [7, 11) is 5.01. The normalized spacial score (nSPS) is 10.7. The molecule has 3 aromatic rings. The highest BCUT2D eigenvalue weighted by Gasteiger charge is 2.19. The van der Waals surface area contributed by atoms with Crippen LogP contribution in [0.2, 0.25) is 0 Å². The van der Waals surface area contributed by atoms with Gasteiger partial charge in [0, 0.05) is 31.9 Å². The number of methoxy groups -OCH3 is 1. The molecular weight excluding hydrogens is 327 g/mol. The molecule has 0 fully saturated rings. The van der Waals surface area contributed by atoms with E-state index in [9.17, 15) is 14.6 Å². The quantitative estimate of drug-likeness (QED) is 0.757. The van der Waals surface area contributed by atoms with E-state index in [4.69, 9.17) is 4.74 Å². The van der Waals surface area contributed by atoms with Crippen LogP contribution in [-0.2, 0) is 7.05 Å². The van der Waals surface area contributed by atoms with Crippen LogP contribution < -0.4 is 9.64 Å². The van der Waals surface area contributed by atoms with Crippen molar-refractivity contribution >= 4 is 11.6 Å². The number of hydrogen-bond donors (Lipinski definition) is 2. The fourth-order valence-electron chi connectivity index (χ4n) is 2.54. The van der Waals surface area contributed by atoms with Crippen LogP contribution in [0.15, 0.2) is 36.4 Å². The first-order valence-corrected chi connectivity index (χ1v) is 7.41. The molecule has 0 atom stereocenters. The first-order chi connectivity index (χ1) is 11.9. The van der Waals surface area contributed by atoms with Crippen LogP contribution in [0.3, 0.4) is 0 Å². The third kappa shape index (κ3) is 2.93. The summed E-state index contributed by atoms with van der Waals surface area (Å²) in [6.07, 6.45) is 0. The average molecular weight is 344 g/mol. The molecule has 0 aliphatic heterocycles. The average Bonchev–Trinajstić information content (AvgIpc) is 2.98. The Bertz CT molecular complexity index is 926. The zero-order chi connectivity index (χ0) is 18.1. The molecule has 0 saturated carbocycles. The lowest BCUT2D eigenvalue weighted by atomic mass is 10.2. The van der Waals surface area contributed by atoms with Gasteiger partial charge in [-0.3, -0.25) is 4.57 Å². The van der Waals surface area contributed by atoms with Crippen LogP contribution >= 0.6 is 0 Å². The minimum Gasteiger partial charge on any atom is -0.508 e. The Morgan fingerprint density at radius 1 is 1.12 bits per heavy atom.